The van der Waals surface area contributed by atoms with Crippen LogP contribution >= 0.6 is 11.8 Å². The Hall–Kier alpha value is -4.05. The first kappa shape index (κ1) is 26.0. The maximum Gasteiger partial charge on any atom is 0.242 e. The van der Waals surface area contributed by atoms with Crippen LogP contribution in [0.1, 0.15) is 12.0 Å². The minimum atomic E-state index is -0.669. The Morgan fingerprint density at radius 2 is 1.68 bits per heavy atom. The van der Waals surface area contributed by atoms with Gasteiger partial charge in [0.05, 0.1) is 33.6 Å². The number of amides is 2. The van der Waals surface area contributed by atoms with Gasteiger partial charge in [-0.05, 0) is 66.2 Å². The van der Waals surface area contributed by atoms with Gasteiger partial charge in [-0.25, -0.2) is 9.38 Å². The molecule has 0 spiro atoms. The number of rotatable bonds is 9. The molecule has 1 heterocycles. The number of nitrogens with zero attached hydrogens (tertiary/aromatic N) is 2. The zero-order chi connectivity index (χ0) is 26.4. The summed E-state index contributed by atoms with van der Waals surface area (Å²) < 4.78 is 29.1. The van der Waals surface area contributed by atoms with Gasteiger partial charge in [-0.15, -0.1) is 0 Å². The van der Waals surface area contributed by atoms with E-state index in [1.165, 1.54) is 36.0 Å². The second-order valence-electron chi connectivity index (χ2n) is 8.07. The molecule has 4 rings (SSSR count). The summed E-state index contributed by atoms with van der Waals surface area (Å²) in [5.74, 6) is 0.830. The van der Waals surface area contributed by atoms with Crippen LogP contribution in [0, 0.1) is 5.82 Å². The monoisotopic (exact) mass is 523 g/mol. The summed E-state index contributed by atoms with van der Waals surface area (Å²) in [6, 6.07) is 18.0. The van der Waals surface area contributed by atoms with Gasteiger partial charge in [-0.1, -0.05) is 17.8 Å². The van der Waals surface area contributed by atoms with Crippen LogP contribution in [0.5, 0.6) is 17.2 Å². The first-order chi connectivity index (χ1) is 17.9. The van der Waals surface area contributed by atoms with Gasteiger partial charge in [0.15, 0.2) is 16.7 Å². The van der Waals surface area contributed by atoms with E-state index in [0.29, 0.717) is 33.8 Å². The molecule has 3 aromatic carbocycles. The second-order valence-corrected chi connectivity index (χ2v) is 9.24. The van der Waals surface area contributed by atoms with Crippen molar-refractivity contribution in [3.63, 3.8) is 0 Å². The number of hydrogen-bond donors (Lipinski definition) is 1. The summed E-state index contributed by atoms with van der Waals surface area (Å²) in [6.45, 7) is 0.233. The molecule has 0 unspecified atom stereocenters. The lowest BCUT2D eigenvalue weighted by Gasteiger charge is -2.18. The standard InChI is InChI=1S/C27H26FN3O5S/c1-34-21-11-9-20(10-12-21)30-27-31(16-17-4-13-22(35-2)23(14-17)36-3)26(33)24(37-27)15-25(32)29-19-7-5-18(28)6-8-19/h4-14,24H,15-16H2,1-3H3,(H,29,32)/t24-/m0/s1. The molecule has 1 atom stereocenters. The number of nitrogens with one attached hydrogen (secondary N) is 1. The van der Waals surface area contributed by atoms with E-state index >= 15 is 0 Å². The van der Waals surface area contributed by atoms with Gasteiger partial charge in [0, 0.05) is 12.1 Å². The van der Waals surface area contributed by atoms with Crippen molar-refractivity contribution >= 4 is 40.1 Å². The van der Waals surface area contributed by atoms with E-state index in [4.69, 9.17) is 14.2 Å². The molecular formula is C27H26FN3O5S. The van der Waals surface area contributed by atoms with Crippen LogP contribution in [0.2, 0.25) is 0 Å². The number of amidine groups is 1. The van der Waals surface area contributed by atoms with Crippen LogP contribution in [0.15, 0.2) is 71.7 Å². The predicted molar refractivity (Wildman–Crippen MR) is 141 cm³/mol. The van der Waals surface area contributed by atoms with E-state index < -0.39 is 11.1 Å². The molecule has 2 amide bonds. The van der Waals surface area contributed by atoms with Gasteiger partial charge in [0.25, 0.3) is 0 Å². The Morgan fingerprint density at radius 3 is 2.32 bits per heavy atom. The number of halogens is 1. The predicted octanol–water partition coefficient (Wildman–Crippen LogP) is 5.01. The maximum atomic E-state index is 13.4. The summed E-state index contributed by atoms with van der Waals surface area (Å²) in [5.41, 5.74) is 1.91. The summed E-state index contributed by atoms with van der Waals surface area (Å²) in [5, 5.41) is 2.52. The Kier molecular flexibility index (Phi) is 8.29. The Balaban J connectivity index is 1.57. The maximum absolute atomic E-state index is 13.4. The molecule has 1 aliphatic heterocycles. The molecule has 0 saturated carbocycles. The first-order valence-corrected chi connectivity index (χ1v) is 12.2. The third-order valence-electron chi connectivity index (χ3n) is 5.60. The first-order valence-electron chi connectivity index (χ1n) is 11.4. The van der Waals surface area contributed by atoms with Gasteiger partial charge in [-0.3, -0.25) is 14.5 Å². The number of hydrogen-bond acceptors (Lipinski definition) is 7. The van der Waals surface area contributed by atoms with Crippen LogP contribution in [0.3, 0.4) is 0 Å². The number of benzene rings is 3. The third kappa shape index (κ3) is 6.39. The molecular weight excluding hydrogens is 497 g/mol. The lowest BCUT2D eigenvalue weighted by Crippen LogP contribution is -2.33. The SMILES string of the molecule is COc1ccc(N=C2S[C@@H](CC(=O)Nc3ccc(F)cc3)C(=O)N2Cc2ccc(OC)c(OC)c2)cc1. The quantitative estimate of drug-likeness (QED) is 0.424. The molecule has 3 aromatic rings. The normalized spacial score (nSPS) is 16.1. The highest BCUT2D eigenvalue weighted by molar-refractivity contribution is 8.15. The molecule has 1 aliphatic rings. The van der Waals surface area contributed by atoms with Crippen LogP contribution in [0.4, 0.5) is 15.8 Å². The second kappa shape index (κ2) is 11.8. The molecule has 192 valence electrons. The average molecular weight is 524 g/mol. The smallest absolute Gasteiger partial charge is 0.242 e. The van der Waals surface area contributed by atoms with Crippen molar-refractivity contribution in [3.05, 3.63) is 78.1 Å². The molecule has 0 bridgehead atoms. The molecule has 1 saturated heterocycles. The van der Waals surface area contributed by atoms with Gasteiger partial charge in [-0.2, -0.15) is 0 Å². The van der Waals surface area contributed by atoms with E-state index in [2.05, 4.69) is 10.3 Å². The molecule has 0 radical (unpaired) electrons. The average Bonchev–Trinajstić information content (AvgIpc) is 3.18. The summed E-state index contributed by atoms with van der Waals surface area (Å²) >= 11 is 1.23. The topological polar surface area (TPSA) is 89.5 Å². The number of anilines is 1. The van der Waals surface area contributed by atoms with Gasteiger partial charge in [0.2, 0.25) is 11.8 Å². The van der Waals surface area contributed by atoms with Gasteiger partial charge in [0.1, 0.15) is 16.8 Å². The highest BCUT2D eigenvalue weighted by Gasteiger charge is 2.39. The van der Waals surface area contributed by atoms with E-state index in [1.807, 2.05) is 6.07 Å². The van der Waals surface area contributed by atoms with Crippen LogP contribution < -0.4 is 19.5 Å². The number of methoxy groups -OCH3 is 3. The summed E-state index contributed by atoms with van der Waals surface area (Å²) in [6.07, 6.45) is -0.0645. The Bertz CT molecular complexity index is 1300. The molecule has 1 N–H and O–H groups in total. The van der Waals surface area contributed by atoms with Crippen LogP contribution in [0.25, 0.3) is 0 Å². The van der Waals surface area contributed by atoms with Crippen molar-refractivity contribution in [2.75, 3.05) is 26.6 Å². The zero-order valence-electron chi connectivity index (χ0n) is 20.6. The molecule has 8 nitrogen and oxygen atoms in total. The third-order valence-corrected chi connectivity index (χ3v) is 6.78. The molecule has 0 aromatic heterocycles. The fourth-order valence-electron chi connectivity index (χ4n) is 3.71. The van der Waals surface area contributed by atoms with Gasteiger partial charge < -0.3 is 19.5 Å². The van der Waals surface area contributed by atoms with Crippen molar-refractivity contribution < 1.29 is 28.2 Å². The molecule has 0 aliphatic carbocycles. The van der Waals surface area contributed by atoms with Crippen molar-refractivity contribution in [1.82, 2.24) is 4.90 Å². The minimum absolute atomic E-state index is 0.0645. The van der Waals surface area contributed by atoms with Crippen molar-refractivity contribution in [2.24, 2.45) is 4.99 Å². The fraction of sp³-hybridized carbons (Fsp3) is 0.222. The van der Waals surface area contributed by atoms with Crippen molar-refractivity contribution in [3.8, 4) is 17.2 Å². The Morgan fingerprint density at radius 1 is 0.973 bits per heavy atom. The van der Waals surface area contributed by atoms with Crippen LogP contribution in [-0.4, -0.2) is 48.5 Å². The number of aliphatic imine (C=N–C) groups is 1. The van der Waals surface area contributed by atoms with E-state index in [9.17, 15) is 14.0 Å². The minimum Gasteiger partial charge on any atom is -0.497 e. The van der Waals surface area contributed by atoms with Crippen molar-refractivity contribution in [2.45, 2.75) is 18.2 Å². The van der Waals surface area contributed by atoms with E-state index in [0.717, 1.165) is 5.56 Å². The summed E-state index contributed by atoms with van der Waals surface area (Å²) in [7, 11) is 4.68. The largest absolute Gasteiger partial charge is 0.497 e. The number of thioether (sulfide) groups is 1. The Labute approximate surface area is 218 Å². The van der Waals surface area contributed by atoms with Crippen LogP contribution in [-0.2, 0) is 16.1 Å². The number of ether oxygens (including phenoxy) is 3. The summed E-state index contributed by atoms with van der Waals surface area (Å²) in [4.78, 5) is 32.4. The lowest BCUT2D eigenvalue weighted by atomic mass is 10.1. The molecule has 1 fully saturated rings. The van der Waals surface area contributed by atoms with Gasteiger partial charge >= 0.3 is 0 Å². The number of carbonyl (C=O) groups excluding carboxylic acids is 2. The number of carbonyl (C=O) groups is 2. The highest BCUT2D eigenvalue weighted by Crippen LogP contribution is 2.35. The highest BCUT2D eigenvalue weighted by atomic mass is 32.2. The lowest BCUT2D eigenvalue weighted by molar-refractivity contribution is -0.128. The molecule has 37 heavy (non-hydrogen) atoms. The van der Waals surface area contributed by atoms with E-state index in [-0.39, 0.29) is 24.8 Å². The molecule has 10 heteroatoms. The zero-order valence-corrected chi connectivity index (χ0v) is 21.4. The van der Waals surface area contributed by atoms with Crippen molar-refractivity contribution in [1.29, 1.82) is 0 Å². The fourth-order valence-corrected chi connectivity index (χ4v) is 4.87. The van der Waals surface area contributed by atoms with E-state index in [1.54, 1.807) is 62.6 Å².